The molecule has 0 saturated heterocycles. The van der Waals surface area contributed by atoms with Crippen molar-refractivity contribution in [3.63, 3.8) is 0 Å². The number of nitrogens with one attached hydrogen (secondary N) is 3. The number of aromatic amines is 2. The molecule has 3 N–H and O–H groups in total. The van der Waals surface area contributed by atoms with Gasteiger partial charge in [-0.1, -0.05) is 26.7 Å². The Morgan fingerprint density at radius 2 is 2.04 bits per heavy atom. The van der Waals surface area contributed by atoms with Crippen molar-refractivity contribution >= 4 is 29.0 Å². The second kappa shape index (κ2) is 6.28. The van der Waals surface area contributed by atoms with Gasteiger partial charge in [0.05, 0.1) is 10.9 Å². The maximum absolute atomic E-state index is 12.5. The molecule has 0 radical (unpaired) electrons. The molecule has 23 heavy (non-hydrogen) atoms. The lowest BCUT2D eigenvalue weighted by molar-refractivity contribution is 0.0891. The van der Waals surface area contributed by atoms with Crippen molar-refractivity contribution in [2.75, 3.05) is 0 Å². The van der Waals surface area contributed by atoms with Gasteiger partial charge >= 0.3 is 0 Å². The van der Waals surface area contributed by atoms with E-state index < -0.39 is 0 Å². The van der Waals surface area contributed by atoms with Gasteiger partial charge in [0.15, 0.2) is 4.77 Å². The van der Waals surface area contributed by atoms with Crippen LogP contribution >= 0.6 is 12.2 Å². The fraction of sp³-hybridized carbons (Fsp3) is 0.471. The predicted molar refractivity (Wildman–Crippen MR) is 93.2 cm³/mol. The van der Waals surface area contributed by atoms with Crippen LogP contribution in [0.1, 0.15) is 43.5 Å². The maximum atomic E-state index is 12.5. The summed E-state index contributed by atoms with van der Waals surface area (Å²) in [6, 6.07) is 5.23. The van der Waals surface area contributed by atoms with Crippen molar-refractivity contribution in [1.29, 1.82) is 0 Å². The van der Waals surface area contributed by atoms with Gasteiger partial charge in [-0.3, -0.25) is 14.6 Å². The summed E-state index contributed by atoms with van der Waals surface area (Å²) in [5.41, 5.74) is 0.876. The molecule has 3 atom stereocenters. The zero-order chi connectivity index (χ0) is 16.6. The zero-order valence-electron chi connectivity index (χ0n) is 13.3. The fourth-order valence-corrected chi connectivity index (χ4v) is 3.55. The molecule has 122 valence electrons. The van der Waals surface area contributed by atoms with Crippen LogP contribution in [-0.2, 0) is 0 Å². The SMILES string of the molecule is C[C@H]1[C@H](C)CCC[C@H]1NC(=O)c1ccc2c(=O)[nH]c(=S)[nH]c2c1. The molecule has 1 aromatic carbocycles. The Kier molecular flexibility index (Phi) is 4.35. The van der Waals surface area contributed by atoms with E-state index >= 15 is 0 Å². The van der Waals surface area contributed by atoms with Crippen molar-refractivity contribution in [2.24, 2.45) is 11.8 Å². The third-order valence-corrected chi connectivity index (χ3v) is 5.23. The number of amides is 1. The number of aromatic nitrogens is 2. The van der Waals surface area contributed by atoms with Crippen LogP contribution < -0.4 is 10.9 Å². The lowest BCUT2D eigenvalue weighted by atomic mass is 9.78. The Morgan fingerprint density at radius 3 is 2.83 bits per heavy atom. The molecule has 0 spiro atoms. The Hall–Kier alpha value is -1.95. The number of H-pyrrole nitrogens is 2. The number of hydrogen-bond donors (Lipinski definition) is 3. The lowest BCUT2D eigenvalue weighted by Crippen LogP contribution is -2.43. The third-order valence-electron chi connectivity index (χ3n) is 5.02. The van der Waals surface area contributed by atoms with E-state index in [4.69, 9.17) is 12.2 Å². The summed E-state index contributed by atoms with van der Waals surface area (Å²) in [7, 11) is 0. The van der Waals surface area contributed by atoms with Crippen LogP contribution in [0, 0.1) is 16.6 Å². The fourth-order valence-electron chi connectivity index (χ4n) is 3.35. The summed E-state index contributed by atoms with van der Waals surface area (Å²) in [6.07, 6.45) is 3.40. The average molecular weight is 331 g/mol. The molecule has 5 nitrogen and oxygen atoms in total. The minimum atomic E-state index is -0.245. The van der Waals surface area contributed by atoms with Gasteiger partial charge in [0, 0.05) is 11.6 Å². The van der Waals surface area contributed by atoms with Crippen LogP contribution in [0.3, 0.4) is 0 Å². The molecule has 0 aliphatic heterocycles. The van der Waals surface area contributed by atoms with Crippen LogP contribution in [-0.4, -0.2) is 21.9 Å². The van der Waals surface area contributed by atoms with Crippen molar-refractivity contribution in [1.82, 2.24) is 15.3 Å². The highest BCUT2D eigenvalue weighted by atomic mass is 32.1. The van der Waals surface area contributed by atoms with Crippen molar-refractivity contribution in [3.05, 3.63) is 38.9 Å². The number of benzene rings is 1. The molecular weight excluding hydrogens is 310 g/mol. The zero-order valence-corrected chi connectivity index (χ0v) is 14.1. The van der Waals surface area contributed by atoms with E-state index in [2.05, 4.69) is 29.1 Å². The van der Waals surface area contributed by atoms with Gasteiger partial charge in [-0.15, -0.1) is 0 Å². The Morgan fingerprint density at radius 1 is 1.26 bits per heavy atom. The maximum Gasteiger partial charge on any atom is 0.259 e. The molecule has 1 heterocycles. The molecular formula is C17H21N3O2S. The summed E-state index contributed by atoms with van der Waals surface area (Å²) < 4.78 is 0.259. The van der Waals surface area contributed by atoms with Gasteiger partial charge < -0.3 is 10.3 Å². The smallest absolute Gasteiger partial charge is 0.259 e. The van der Waals surface area contributed by atoms with E-state index in [9.17, 15) is 9.59 Å². The first-order chi connectivity index (χ1) is 11.0. The first-order valence-corrected chi connectivity index (χ1v) is 8.44. The molecule has 2 aromatic rings. The summed E-state index contributed by atoms with van der Waals surface area (Å²) in [5.74, 6) is 1.000. The normalized spacial score (nSPS) is 24.5. The third kappa shape index (κ3) is 3.22. The second-order valence-corrected chi connectivity index (χ2v) is 6.92. The molecule has 1 aliphatic rings. The topological polar surface area (TPSA) is 77.8 Å². The highest BCUT2D eigenvalue weighted by Crippen LogP contribution is 2.29. The van der Waals surface area contributed by atoms with Crippen LogP contribution in [0.25, 0.3) is 10.9 Å². The number of carbonyl (C=O) groups is 1. The Balaban J connectivity index is 1.86. The Labute approximate surface area is 139 Å². The predicted octanol–water partition coefficient (Wildman–Crippen LogP) is 3.14. The summed E-state index contributed by atoms with van der Waals surface area (Å²) in [6.45, 7) is 4.44. The summed E-state index contributed by atoms with van der Waals surface area (Å²) >= 11 is 4.98. The van der Waals surface area contributed by atoms with Gasteiger partial charge in [-0.05, 0) is 48.7 Å². The second-order valence-electron chi connectivity index (χ2n) is 6.52. The van der Waals surface area contributed by atoms with Crippen LogP contribution in [0.2, 0.25) is 0 Å². The number of rotatable bonds is 2. The van der Waals surface area contributed by atoms with Gasteiger partial charge in [0.1, 0.15) is 0 Å². The summed E-state index contributed by atoms with van der Waals surface area (Å²) in [4.78, 5) is 29.8. The van der Waals surface area contributed by atoms with Crippen molar-refractivity contribution in [3.8, 4) is 0 Å². The molecule has 3 rings (SSSR count). The molecule has 1 amide bonds. The van der Waals surface area contributed by atoms with Crippen LogP contribution in [0.15, 0.2) is 23.0 Å². The van der Waals surface area contributed by atoms with E-state index in [-0.39, 0.29) is 22.3 Å². The first-order valence-electron chi connectivity index (χ1n) is 8.03. The molecule has 1 fully saturated rings. The minimum absolute atomic E-state index is 0.0996. The number of hydrogen-bond acceptors (Lipinski definition) is 3. The van der Waals surface area contributed by atoms with E-state index in [1.807, 2.05) is 0 Å². The largest absolute Gasteiger partial charge is 0.349 e. The molecule has 1 saturated carbocycles. The van der Waals surface area contributed by atoms with Crippen molar-refractivity contribution in [2.45, 2.75) is 39.2 Å². The number of fused-ring (bicyclic) bond motifs is 1. The Bertz CT molecular complexity index is 855. The van der Waals surface area contributed by atoms with Crippen LogP contribution in [0.5, 0.6) is 0 Å². The average Bonchev–Trinajstić information content (AvgIpc) is 2.51. The first kappa shape index (κ1) is 15.9. The van der Waals surface area contributed by atoms with Crippen LogP contribution in [0.4, 0.5) is 0 Å². The standard InChI is InChI=1S/C17H21N3O2S/c1-9-4-3-5-13(10(9)2)18-15(21)11-6-7-12-14(8-11)19-17(23)20-16(12)22/h6-10,13H,3-5H2,1-2H3,(H,18,21)(H2,19,20,22,23)/t9-,10+,13-/m1/s1. The highest BCUT2D eigenvalue weighted by Gasteiger charge is 2.28. The minimum Gasteiger partial charge on any atom is -0.349 e. The van der Waals surface area contributed by atoms with Gasteiger partial charge in [-0.25, -0.2) is 0 Å². The van der Waals surface area contributed by atoms with E-state index in [0.29, 0.717) is 28.3 Å². The van der Waals surface area contributed by atoms with Gasteiger partial charge in [0.25, 0.3) is 11.5 Å². The monoisotopic (exact) mass is 331 g/mol. The van der Waals surface area contributed by atoms with E-state index in [1.54, 1.807) is 18.2 Å². The molecule has 6 heteroatoms. The number of carbonyl (C=O) groups excluding carboxylic acids is 1. The molecule has 1 aliphatic carbocycles. The molecule has 0 unspecified atom stereocenters. The van der Waals surface area contributed by atoms with E-state index in [0.717, 1.165) is 12.8 Å². The van der Waals surface area contributed by atoms with Gasteiger partial charge in [0.2, 0.25) is 0 Å². The summed E-state index contributed by atoms with van der Waals surface area (Å²) in [5, 5.41) is 3.64. The van der Waals surface area contributed by atoms with Crippen molar-refractivity contribution < 1.29 is 4.79 Å². The quantitative estimate of drug-likeness (QED) is 0.740. The lowest BCUT2D eigenvalue weighted by Gasteiger charge is -2.34. The van der Waals surface area contributed by atoms with E-state index in [1.165, 1.54) is 6.42 Å². The molecule has 0 bridgehead atoms. The van der Waals surface area contributed by atoms with Gasteiger partial charge in [-0.2, -0.15) is 0 Å². The molecule has 1 aromatic heterocycles. The highest BCUT2D eigenvalue weighted by molar-refractivity contribution is 7.71.